The highest BCUT2D eigenvalue weighted by Gasteiger charge is 2.49. The van der Waals surface area contributed by atoms with Crippen molar-refractivity contribution in [3.63, 3.8) is 0 Å². The topological polar surface area (TPSA) is 71.0 Å². The van der Waals surface area contributed by atoms with Gasteiger partial charge in [0.25, 0.3) is 0 Å². The van der Waals surface area contributed by atoms with Gasteiger partial charge < -0.3 is 25.0 Å². The molecule has 2 aliphatic heterocycles. The summed E-state index contributed by atoms with van der Waals surface area (Å²) in [6.07, 6.45) is -1.16. The van der Waals surface area contributed by atoms with Crippen LogP contribution in [0.3, 0.4) is 0 Å². The van der Waals surface area contributed by atoms with Crippen molar-refractivity contribution in [2.75, 3.05) is 13.2 Å². The molecule has 2 saturated heterocycles. The molecule has 0 aromatic rings. The minimum Gasteiger partial charge on any atom is -0.395 e. The van der Waals surface area contributed by atoms with Gasteiger partial charge in [0.2, 0.25) is 0 Å². The van der Waals surface area contributed by atoms with E-state index >= 15 is 0 Å². The molecule has 14 heavy (non-hydrogen) atoms. The Morgan fingerprint density at radius 2 is 2.14 bits per heavy atom. The summed E-state index contributed by atoms with van der Waals surface area (Å²) in [5, 5.41) is 21.9. The first-order valence-electron chi connectivity index (χ1n) is 4.91. The third-order valence-corrected chi connectivity index (χ3v) is 2.75. The minimum absolute atomic E-state index is 0.0891. The molecule has 0 bridgehead atoms. The second kappa shape index (κ2) is 3.43. The monoisotopic (exact) mass is 203 g/mol. The molecule has 82 valence electrons. The second-order valence-electron chi connectivity index (χ2n) is 4.33. The zero-order valence-electron chi connectivity index (χ0n) is 8.43. The van der Waals surface area contributed by atoms with Crippen molar-refractivity contribution in [2.45, 2.75) is 44.0 Å². The van der Waals surface area contributed by atoms with Gasteiger partial charge in [0.1, 0.15) is 18.3 Å². The van der Waals surface area contributed by atoms with Crippen LogP contribution in [0, 0.1) is 0 Å². The molecule has 0 amide bonds. The largest absolute Gasteiger partial charge is 0.395 e. The summed E-state index contributed by atoms with van der Waals surface area (Å²) < 4.78 is 11.2. The van der Waals surface area contributed by atoms with Gasteiger partial charge >= 0.3 is 0 Å². The fraction of sp³-hybridized carbons (Fsp3) is 1.00. The van der Waals surface area contributed by atoms with E-state index in [4.69, 9.17) is 14.6 Å². The van der Waals surface area contributed by atoms with E-state index in [9.17, 15) is 5.11 Å². The molecule has 0 saturated carbocycles. The van der Waals surface area contributed by atoms with Crippen molar-refractivity contribution in [1.82, 2.24) is 5.32 Å². The van der Waals surface area contributed by atoms with Crippen molar-refractivity contribution in [1.29, 1.82) is 0 Å². The van der Waals surface area contributed by atoms with Crippen molar-refractivity contribution < 1.29 is 19.7 Å². The number of hydrogen-bond donors (Lipinski definition) is 3. The number of piperidine rings is 1. The van der Waals surface area contributed by atoms with Crippen LogP contribution in [-0.2, 0) is 9.47 Å². The number of aliphatic hydroxyl groups excluding tert-OH is 2. The molecule has 0 aliphatic carbocycles. The first kappa shape index (κ1) is 10.3. The Morgan fingerprint density at radius 3 is 2.79 bits per heavy atom. The Balaban J connectivity index is 2.08. The Morgan fingerprint density at radius 1 is 1.43 bits per heavy atom. The van der Waals surface area contributed by atoms with Gasteiger partial charge in [-0.05, 0) is 13.8 Å². The molecule has 5 nitrogen and oxygen atoms in total. The van der Waals surface area contributed by atoms with Gasteiger partial charge in [0.15, 0.2) is 5.79 Å². The maximum atomic E-state index is 9.84. The van der Waals surface area contributed by atoms with Crippen LogP contribution in [-0.4, -0.2) is 53.5 Å². The molecule has 2 heterocycles. The zero-order chi connectivity index (χ0) is 10.3. The molecule has 3 N–H and O–H groups in total. The summed E-state index contributed by atoms with van der Waals surface area (Å²) in [5.74, 6) is -0.637. The highest BCUT2D eigenvalue weighted by Crippen LogP contribution is 2.32. The molecule has 2 fully saturated rings. The van der Waals surface area contributed by atoms with Crippen LogP contribution in [0.5, 0.6) is 0 Å². The molecule has 0 unspecified atom stereocenters. The lowest BCUT2D eigenvalue weighted by Gasteiger charge is -2.34. The number of fused-ring (bicyclic) bond motifs is 1. The molecular weight excluding hydrogens is 186 g/mol. The Kier molecular flexibility index (Phi) is 2.53. The lowest BCUT2D eigenvalue weighted by atomic mass is 9.97. The van der Waals surface area contributed by atoms with E-state index in [1.165, 1.54) is 0 Å². The van der Waals surface area contributed by atoms with Crippen molar-refractivity contribution >= 4 is 0 Å². The van der Waals surface area contributed by atoms with Gasteiger partial charge in [-0.3, -0.25) is 0 Å². The predicted octanol–water partition coefficient (Wildman–Crippen LogP) is -1.17. The number of ether oxygens (including phenoxy) is 2. The van der Waals surface area contributed by atoms with Crippen LogP contribution in [0.25, 0.3) is 0 Å². The van der Waals surface area contributed by atoms with Gasteiger partial charge in [0.05, 0.1) is 12.6 Å². The first-order valence-corrected chi connectivity index (χ1v) is 4.91. The summed E-state index contributed by atoms with van der Waals surface area (Å²) in [4.78, 5) is 0. The second-order valence-corrected chi connectivity index (χ2v) is 4.33. The van der Waals surface area contributed by atoms with Crippen LogP contribution >= 0.6 is 0 Å². The number of nitrogens with one attached hydrogen (secondary N) is 1. The van der Waals surface area contributed by atoms with Crippen LogP contribution in [0.15, 0.2) is 0 Å². The van der Waals surface area contributed by atoms with Gasteiger partial charge in [-0.1, -0.05) is 0 Å². The quantitative estimate of drug-likeness (QED) is 0.501. The van der Waals surface area contributed by atoms with Gasteiger partial charge in [0, 0.05) is 6.54 Å². The highest BCUT2D eigenvalue weighted by molar-refractivity contribution is 4.97. The van der Waals surface area contributed by atoms with Gasteiger partial charge in [-0.2, -0.15) is 0 Å². The normalized spacial score (nSPS) is 46.3. The lowest BCUT2D eigenvalue weighted by Crippen LogP contribution is -2.59. The SMILES string of the molecule is CC1(C)O[C@H]2[C@@H](O)[C@@H](CO)NC[C@H]2O1. The smallest absolute Gasteiger partial charge is 0.163 e. The van der Waals surface area contributed by atoms with Crippen LogP contribution in [0.1, 0.15) is 13.8 Å². The summed E-state index contributed by atoms with van der Waals surface area (Å²) in [5.41, 5.74) is 0. The van der Waals surface area contributed by atoms with Crippen LogP contribution in [0.2, 0.25) is 0 Å². The van der Waals surface area contributed by atoms with Gasteiger partial charge in [-0.25, -0.2) is 0 Å². The van der Waals surface area contributed by atoms with E-state index in [0.29, 0.717) is 6.54 Å². The molecule has 5 heteroatoms. The van der Waals surface area contributed by atoms with Gasteiger partial charge in [-0.15, -0.1) is 0 Å². The Bertz CT molecular complexity index is 221. The summed E-state index contributed by atoms with van der Waals surface area (Å²) >= 11 is 0. The highest BCUT2D eigenvalue weighted by atomic mass is 16.8. The predicted molar refractivity (Wildman–Crippen MR) is 48.7 cm³/mol. The van der Waals surface area contributed by atoms with Crippen molar-refractivity contribution in [3.8, 4) is 0 Å². The fourth-order valence-electron chi connectivity index (χ4n) is 2.10. The van der Waals surface area contributed by atoms with E-state index in [0.717, 1.165) is 0 Å². The van der Waals surface area contributed by atoms with E-state index in [1.807, 2.05) is 13.8 Å². The number of hydrogen-bond acceptors (Lipinski definition) is 5. The third-order valence-electron chi connectivity index (χ3n) is 2.75. The van der Waals surface area contributed by atoms with E-state index < -0.39 is 11.9 Å². The number of rotatable bonds is 1. The minimum atomic E-state index is -0.708. The van der Waals surface area contributed by atoms with E-state index in [1.54, 1.807) is 0 Å². The maximum absolute atomic E-state index is 9.84. The fourth-order valence-corrected chi connectivity index (χ4v) is 2.10. The zero-order valence-corrected chi connectivity index (χ0v) is 8.43. The standard InChI is InChI=1S/C9H17NO4/c1-9(2)13-6-3-10-5(4-11)7(12)8(6)14-9/h5-8,10-12H,3-4H2,1-2H3/t5-,6-,7+,8-/m1/s1. The average molecular weight is 203 g/mol. The Hall–Kier alpha value is -0.200. The summed E-state index contributed by atoms with van der Waals surface area (Å²) in [7, 11) is 0. The molecule has 0 aromatic heterocycles. The molecule has 0 spiro atoms. The third kappa shape index (κ3) is 1.66. The number of aliphatic hydroxyl groups is 2. The molecule has 0 aromatic carbocycles. The molecule has 4 atom stereocenters. The average Bonchev–Trinajstić information content (AvgIpc) is 2.42. The lowest BCUT2D eigenvalue weighted by molar-refractivity contribution is -0.154. The van der Waals surface area contributed by atoms with Crippen molar-refractivity contribution in [2.24, 2.45) is 0 Å². The van der Waals surface area contributed by atoms with E-state index in [-0.39, 0.29) is 24.9 Å². The first-order chi connectivity index (χ1) is 6.53. The summed E-state index contributed by atoms with van der Waals surface area (Å²) in [6.45, 7) is 4.17. The maximum Gasteiger partial charge on any atom is 0.163 e. The Labute approximate surface area is 83.0 Å². The van der Waals surface area contributed by atoms with Crippen LogP contribution < -0.4 is 5.32 Å². The molecule has 2 rings (SSSR count). The molecule has 0 radical (unpaired) electrons. The van der Waals surface area contributed by atoms with E-state index in [2.05, 4.69) is 5.32 Å². The van der Waals surface area contributed by atoms with Crippen LogP contribution in [0.4, 0.5) is 0 Å². The van der Waals surface area contributed by atoms with Crippen molar-refractivity contribution in [3.05, 3.63) is 0 Å². The summed E-state index contributed by atoms with van der Waals surface area (Å²) in [6, 6.07) is -0.311. The molecule has 2 aliphatic rings. The molecular formula is C9H17NO4.